The molecule has 0 bridgehead atoms. The lowest BCUT2D eigenvalue weighted by Crippen LogP contribution is -2.43. The van der Waals surface area contributed by atoms with Gasteiger partial charge in [-0.1, -0.05) is 6.07 Å². The van der Waals surface area contributed by atoms with Crippen molar-refractivity contribution < 1.29 is 18.4 Å². The molecule has 0 saturated carbocycles. The lowest BCUT2D eigenvalue weighted by Gasteiger charge is -2.32. The first-order valence-corrected chi connectivity index (χ1v) is 8.56. The Labute approximate surface area is 150 Å². The highest BCUT2D eigenvalue weighted by molar-refractivity contribution is 5.96. The number of nitrogens with zero attached hydrogens (tertiary/aromatic N) is 1. The number of halogens is 2. The molecule has 4 nitrogen and oxygen atoms in total. The summed E-state index contributed by atoms with van der Waals surface area (Å²) in [4.78, 5) is 26.7. The zero-order valence-electron chi connectivity index (χ0n) is 14.5. The number of aryl methyl sites for hydroxylation is 1. The number of piperidine rings is 1. The van der Waals surface area contributed by atoms with Crippen LogP contribution in [0.5, 0.6) is 0 Å². The number of benzene rings is 2. The van der Waals surface area contributed by atoms with Crippen molar-refractivity contribution in [1.29, 1.82) is 0 Å². The molecule has 1 heterocycles. The highest BCUT2D eigenvalue weighted by Gasteiger charge is 2.29. The molecule has 1 fully saturated rings. The van der Waals surface area contributed by atoms with Crippen LogP contribution in [-0.2, 0) is 4.79 Å². The summed E-state index contributed by atoms with van der Waals surface area (Å²) in [7, 11) is 0. The fourth-order valence-corrected chi connectivity index (χ4v) is 3.12. The molecule has 0 radical (unpaired) electrons. The number of likely N-dealkylation sites (tertiary alicyclic amines) is 1. The molecule has 0 aliphatic carbocycles. The average molecular weight is 358 g/mol. The zero-order valence-corrected chi connectivity index (χ0v) is 14.5. The summed E-state index contributed by atoms with van der Waals surface area (Å²) in [5, 5.41) is 2.63. The molecule has 0 aromatic heterocycles. The first-order chi connectivity index (χ1) is 12.4. The van der Waals surface area contributed by atoms with Gasteiger partial charge in [0, 0.05) is 18.7 Å². The van der Waals surface area contributed by atoms with Crippen molar-refractivity contribution in [3.63, 3.8) is 0 Å². The van der Waals surface area contributed by atoms with Gasteiger partial charge in [-0.3, -0.25) is 9.59 Å². The van der Waals surface area contributed by atoms with Crippen LogP contribution in [0.4, 0.5) is 14.5 Å². The molecule has 2 aromatic rings. The molecule has 136 valence electrons. The van der Waals surface area contributed by atoms with Crippen molar-refractivity contribution in [2.75, 3.05) is 18.4 Å². The number of nitrogens with one attached hydrogen (secondary N) is 1. The molecule has 1 N–H and O–H groups in total. The molecule has 1 atom stereocenters. The van der Waals surface area contributed by atoms with Gasteiger partial charge in [-0.25, -0.2) is 8.78 Å². The molecule has 2 aromatic carbocycles. The van der Waals surface area contributed by atoms with Crippen molar-refractivity contribution in [3.8, 4) is 0 Å². The third-order valence-electron chi connectivity index (χ3n) is 4.55. The van der Waals surface area contributed by atoms with Crippen molar-refractivity contribution in [2.45, 2.75) is 19.8 Å². The van der Waals surface area contributed by atoms with Crippen LogP contribution in [0.2, 0.25) is 0 Å². The third kappa shape index (κ3) is 4.07. The van der Waals surface area contributed by atoms with Crippen molar-refractivity contribution in [3.05, 3.63) is 65.2 Å². The third-order valence-corrected chi connectivity index (χ3v) is 4.55. The smallest absolute Gasteiger partial charge is 0.253 e. The van der Waals surface area contributed by atoms with E-state index in [9.17, 15) is 18.4 Å². The number of hydrogen-bond acceptors (Lipinski definition) is 2. The minimum absolute atomic E-state index is 0.150. The number of amides is 2. The molecule has 1 aliphatic heterocycles. The van der Waals surface area contributed by atoms with Crippen molar-refractivity contribution in [1.82, 2.24) is 4.90 Å². The number of carbonyl (C=O) groups excluding carboxylic acids is 2. The maximum Gasteiger partial charge on any atom is 0.253 e. The predicted molar refractivity (Wildman–Crippen MR) is 94.8 cm³/mol. The average Bonchev–Trinajstić information content (AvgIpc) is 2.65. The van der Waals surface area contributed by atoms with Gasteiger partial charge in [-0.15, -0.1) is 0 Å². The molecule has 3 rings (SSSR count). The predicted octanol–water partition coefficient (Wildman–Crippen LogP) is 3.76. The van der Waals surface area contributed by atoms with Crippen LogP contribution in [0.3, 0.4) is 0 Å². The van der Waals surface area contributed by atoms with E-state index in [0.717, 1.165) is 5.56 Å². The number of hydrogen-bond donors (Lipinski definition) is 1. The van der Waals surface area contributed by atoms with E-state index in [1.807, 2.05) is 6.92 Å². The molecule has 26 heavy (non-hydrogen) atoms. The molecule has 6 heteroatoms. The quantitative estimate of drug-likeness (QED) is 0.908. The minimum atomic E-state index is -0.487. The largest absolute Gasteiger partial charge is 0.338 e. The molecule has 1 aliphatic rings. The Balaban J connectivity index is 1.67. The van der Waals surface area contributed by atoms with Gasteiger partial charge in [0.05, 0.1) is 11.6 Å². The van der Waals surface area contributed by atoms with Gasteiger partial charge in [0.25, 0.3) is 5.91 Å². The summed E-state index contributed by atoms with van der Waals surface area (Å²) in [6, 6.07) is 9.87. The number of anilines is 1. The summed E-state index contributed by atoms with van der Waals surface area (Å²) in [6.07, 6.45) is 1.31. The maximum atomic E-state index is 13.8. The fourth-order valence-electron chi connectivity index (χ4n) is 3.12. The Kier molecular flexibility index (Phi) is 5.30. The Morgan fingerprint density at radius 1 is 1.12 bits per heavy atom. The fraction of sp³-hybridized carbons (Fsp3) is 0.300. The summed E-state index contributed by atoms with van der Waals surface area (Å²) >= 11 is 0. The standard InChI is InChI=1S/C20H20F2N2O2/c1-13-4-9-17(22)18(11-13)23-19(25)15-3-2-10-24(12-15)20(26)14-5-7-16(21)8-6-14/h4-9,11,15H,2-3,10,12H2,1H3,(H,23,25). The molecular formula is C20H20F2N2O2. The normalized spacial score (nSPS) is 17.0. The second kappa shape index (κ2) is 7.64. The molecular weight excluding hydrogens is 338 g/mol. The maximum absolute atomic E-state index is 13.8. The first kappa shape index (κ1) is 18.0. The summed E-state index contributed by atoms with van der Waals surface area (Å²) in [5.74, 6) is -1.83. The Bertz CT molecular complexity index is 821. The van der Waals surface area contributed by atoms with Gasteiger partial charge < -0.3 is 10.2 Å². The Morgan fingerprint density at radius 3 is 2.58 bits per heavy atom. The van der Waals surface area contributed by atoms with Crippen LogP contribution in [0, 0.1) is 24.5 Å². The number of rotatable bonds is 3. The van der Waals surface area contributed by atoms with E-state index < -0.39 is 17.6 Å². The first-order valence-electron chi connectivity index (χ1n) is 8.56. The van der Waals surface area contributed by atoms with Crippen LogP contribution < -0.4 is 5.32 Å². The van der Waals surface area contributed by atoms with Crippen molar-refractivity contribution in [2.24, 2.45) is 5.92 Å². The topological polar surface area (TPSA) is 49.4 Å². The monoisotopic (exact) mass is 358 g/mol. The summed E-state index contributed by atoms with van der Waals surface area (Å²) in [6.45, 7) is 2.62. The van der Waals surface area contributed by atoms with Crippen LogP contribution >= 0.6 is 0 Å². The van der Waals surface area contributed by atoms with Crippen LogP contribution in [0.1, 0.15) is 28.8 Å². The van der Waals surface area contributed by atoms with Gasteiger partial charge >= 0.3 is 0 Å². The van der Waals surface area contributed by atoms with E-state index in [1.165, 1.54) is 30.3 Å². The summed E-state index contributed by atoms with van der Waals surface area (Å²) < 4.78 is 26.9. The lowest BCUT2D eigenvalue weighted by molar-refractivity contribution is -0.121. The van der Waals surface area contributed by atoms with Gasteiger partial charge in [0.15, 0.2) is 0 Å². The molecule has 1 unspecified atom stereocenters. The Hall–Kier alpha value is -2.76. The van der Waals surface area contributed by atoms with Crippen LogP contribution in [0.15, 0.2) is 42.5 Å². The van der Waals surface area contributed by atoms with Gasteiger partial charge in [0.2, 0.25) is 5.91 Å². The highest BCUT2D eigenvalue weighted by atomic mass is 19.1. The second-order valence-electron chi connectivity index (χ2n) is 6.57. The van der Waals surface area contributed by atoms with E-state index in [2.05, 4.69) is 5.32 Å². The van der Waals surface area contributed by atoms with Crippen LogP contribution in [0.25, 0.3) is 0 Å². The second-order valence-corrected chi connectivity index (χ2v) is 6.57. The highest BCUT2D eigenvalue weighted by Crippen LogP contribution is 2.22. The lowest BCUT2D eigenvalue weighted by atomic mass is 9.96. The van der Waals surface area contributed by atoms with E-state index >= 15 is 0 Å². The van der Waals surface area contributed by atoms with E-state index in [0.29, 0.717) is 24.9 Å². The number of carbonyl (C=O) groups is 2. The SMILES string of the molecule is Cc1ccc(F)c(NC(=O)C2CCCN(C(=O)c3ccc(F)cc3)C2)c1. The molecule has 1 saturated heterocycles. The van der Waals surface area contributed by atoms with E-state index in [4.69, 9.17) is 0 Å². The van der Waals surface area contributed by atoms with Gasteiger partial charge in [-0.2, -0.15) is 0 Å². The molecule has 2 amide bonds. The van der Waals surface area contributed by atoms with Crippen molar-refractivity contribution >= 4 is 17.5 Å². The zero-order chi connectivity index (χ0) is 18.7. The van der Waals surface area contributed by atoms with Gasteiger partial charge in [0.1, 0.15) is 11.6 Å². The van der Waals surface area contributed by atoms with Crippen LogP contribution in [-0.4, -0.2) is 29.8 Å². The van der Waals surface area contributed by atoms with Gasteiger partial charge in [-0.05, 0) is 61.7 Å². The molecule has 0 spiro atoms. The Morgan fingerprint density at radius 2 is 1.85 bits per heavy atom. The van der Waals surface area contributed by atoms with E-state index in [1.54, 1.807) is 17.0 Å². The minimum Gasteiger partial charge on any atom is -0.338 e. The summed E-state index contributed by atoms with van der Waals surface area (Å²) in [5.41, 5.74) is 1.38. The van der Waals surface area contributed by atoms with E-state index in [-0.39, 0.29) is 24.0 Å².